The van der Waals surface area contributed by atoms with Gasteiger partial charge in [-0.1, -0.05) is 6.07 Å². The zero-order valence-corrected chi connectivity index (χ0v) is 17.6. The summed E-state index contributed by atoms with van der Waals surface area (Å²) < 4.78 is 17.4. The van der Waals surface area contributed by atoms with Crippen LogP contribution in [0.4, 0.5) is 0 Å². The molecule has 2 rings (SSSR count). The molecule has 1 amide bonds. The number of rotatable bonds is 8. The molecule has 1 aromatic carbocycles. The highest BCUT2D eigenvalue weighted by Gasteiger charge is 2.17. The molecule has 0 spiro atoms. The molecule has 1 aromatic heterocycles. The molecule has 29 heavy (non-hydrogen) atoms. The monoisotopic (exact) mass is 401 g/mol. The van der Waals surface area contributed by atoms with Gasteiger partial charge in [0, 0.05) is 30.9 Å². The third-order valence-corrected chi connectivity index (χ3v) is 4.53. The van der Waals surface area contributed by atoms with Gasteiger partial charge in [-0.25, -0.2) is 4.79 Å². The van der Waals surface area contributed by atoms with Gasteiger partial charge in [-0.05, 0) is 44.5 Å². The lowest BCUT2D eigenvalue weighted by molar-refractivity contribution is -0.150. The number of esters is 1. The predicted molar refractivity (Wildman–Crippen MR) is 109 cm³/mol. The van der Waals surface area contributed by atoms with Gasteiger partial charge in [0.2, 0.25) is 0 Å². The number of carbonyl (C=O) groups is 2. The zero-order valence-electron chi connectivity index (χ0n) is 17.6. The Bertz CT molecular complexity index is 917. The Kier molecular flexibility index (Phi) is 7.41. The molecule has 0 radical (unpaired) electrons. The summed E-state index contributed by atoms with van der Waals surface area (Å²) in [4.78, 5) is 24.3. The average molecular weight is 401 g/mol. The van der Waals surface area contributed by atoms with Crippen molar-refractivity contribution in [1.82, 2.24) is 15.1 Å². The summed E-state index contributed by atoms with van der Waals surface area (Å²) in [5.41, 5.74) is 3.44. The standard InChI is InChI=1S/C21H27N3O5/c1-13-17(14(2)24(4)23-13)8-10-20(25)29-15(3)21(26)22-12-16-7-9-18(27-5)19(11-16)28-6/h7-11,15H,12H2,1-6H3,(H,22,26)/b10-8+/t15-/m1/s1. The van der Waals surface area contributed by atoms with Crippen molar-refractivity contribution >= 4 is 18.0 Å². The van der Waals surface area contributed by atoms with Crippen molar-refractivity contribution in [3.63, 3.8) is 0 Å². The molecule has 1 atom stereocenters. The number of methoxy groups -OCH3 is 2. The molecule has 156 valence electrons. The summed E-state index contributed by atoms with van der Waals surface area (Å²) in [5.74, 6) is 0.192. The van der Waals surface area contributed by atoms with Crippen LogP contribution in [0.25, 0.3) is 6.08 Å². The van der Waals surface area contributed by atoms with Gasteiger partial charge in [0.15, 0.2) is 17.6 Å². The van der Waals surface area contributed by atoms with Gasteiger partial charge in [0.05, 0.1) is 19.9 Å². The number of hydrogen-bond donors (Lipinski definition) is 1. The number of hydrogen-bond acceptors (Lipinski definition) is 6. The topological polar surface area (TPSA) is 91.7 Å². The largest absolute Gasteiger partial charge is 0.493 e. The fourth-order valence-electron chi connectivity index (χ4n) is 2.77. The number of ether oxygens (including phenoxy) is 3. The van der Waals surface area contributed by atoms with Crippen LogP contribution in [-0.4, -0.2) is 42.0 Å². The van der Waals surface area contributed by atoms with E-state index < -0.39 is 18.0 Å². The van der Waals surface area contributed by atoms with Gasteiger partial charge in [0.1, 0.15) is 0 Å². The van der Waals surface area contributed by atoms with Crippen LogP contribution >= 0.6 is 0 Å². The maximum absolute atomic E-state index is 12.2. The van der Waals surface area contributed by atoms with E-state index in [1.165, 1.54) is 13.0 Å². The van der Waals surface area contributed by atoms with Crippen LogP contribution in [-0.2, 0) is 27.9 Å². The molecule has 0 aliphatic heterocycles. The average Bonchev–Trinajstić information content (AvgIpc) is 2.95. The van der Waals surface area contributed by atoms with Crippen molar-refractivity contribution < 1.29 is 23.8 Å². The molecular weight excluding hydrogens is 374 g/mol. The highest BCUT2D eigenvalue weighted by Crippen LogP contribution is 2.27. The van der Waals surface area contributed by atoms with Gasteiger partial charge in [0.25, 0.3) is 5.91 Å². The zero-order chi connectivity index (χ0) is 21.6. The van der Waals surface area contributed by atoms with Crippen molar-refractivity contribution in [2.24, 2.45) is 7.05 Å². The summed E-state index contributed by atoms with van der Waals surface area (Å²) in [7, 11) is 4.94. The summed E-state index contributed by atoms with van der Waals surface area (Å²) in [6, 6.07) is 5.35. The summed E-state index contributed by atoms with van der Waals surface area (Å²) in [6.45, 7) is 5.57. The van der Waals surface area contributed by atoms with Gasteiger partial charge >= 0.3 is 5.97 Å². The third-order valence-electron chi connectivity index (χ3n) is 4.53. The maximum atomic E-state index is 12.2. The maximum Gasteiger partial charge on any atom is 0.331 e. The first-order valence-corrected chi connectivity index (χ1v) is 9.14. The Morgan fingerprint density at radius 3 is 2.48 bits per heavy atom. The quantitative estimate of drug-likeness (QED) is 0.539. The van der Waals surface area contributed by atoms with E-state index in [1.807, 2.05) is 27.0 Å². The van der Waals surface area contributed by atoms with Crippen LogP contribution in [0.2, 0.25) is 0 Å². The van der Waals surface area contributed by atoms with Crippen molar-refractivity contribution in [1.29, 1.82) is 0 Å². The molecule has 8 heteroatoms. The number of benzene rings is 1. The van der Waals surface area contributed by atoms with Gasteiger partial charge in [-0.15, -0.1) is 0 Å². The van der Waals surface area contributed by atoms with Crippen LogP contribution in [0.1, 0.15) is 29.4 Å². The Labute approximate surface area is 170 Å². The van der Waals surface area contributed by atoms with E-state index in [0.29, 0.717) is 11.5 Å². The van der Waals surface area contributed by atoms with Crippen LogP contribution in [0.15, 0.2) is 24.3 Å². The van der Waals surface area contributed by atoms with Crippen molar-refractivity contribution in [3.05, 3.63) is 46.8 Å². The molecule has 1 heterocycles. The first kappa shape index (κ1) is 22.0. The molecule has 0 saturated heterocycles. The van der Waals surface area contributed by atoms with E-state index in [2.05, 4.69) is 10.4 Å². The molecule has 2 aromatic rings. The van der Waals surface area contributed by atoms with Gasteiger partial charge in [-0.3, -0.25) is 9.48 Å². The minimum Gasteiger partial charge on any atom is -0.493 e. The predicted octanol–water partition coefficient (Wildman–Crippen LogP) is 2.32. The number of nitrogens with one attached hydrogen (secondary N) is 1. The van der Waals surface area contributed by atoms with Gasteiger partial charge in [-0.2, -0.15) is 5.10 Å². The Hall–Kier alpha value is -3.29. The highest BCUT2D eigenvalue weighted by atomic mass is 16.5. The number of amides is 1. The third kappa shape index (κ3) is 5.60. The normalized spacial score (nSPS) is 11.9. The Morgan fingerprint density at radius 1 is 1.21 bits per heavy atom. The van der Waals surface area contributed by atoms with Crippen molar-refractivity contribution in [2.75, 3.05) is 14.2 Å². The first-order chi connectivity index (χ1) is 13.8. The minimum atomic E-state index is -0.927. The lowest BCUT2D eigenvalue weighted by atomic mass is 10.2. The first-order valence-electron chi connectivity index (χ1n) is 9.14. The second-order valence-corrected chi connectivity index (χ2v) is 6.53. The second kappa shape index (κ2) is 9.77. The SMILES string of the molecule is COc1ccc(CNC(=O)[C@@H](C)OC(=O)/C=C/c2c(C)nn(C)c2C)cc1OC. The fraction of sp³-hybridized carbons (Fsp3) is 0.381. The molecule has 0 bridgehead atoms. The number of nitrogens with zero attached hydrogens (tertiary/aromatic N) is 2. The van der Waals surface area contributed by atoms with Crippen LogP contribution in [0, 0.1) is 13.8 Å². The number of aryl methyl sites for hydroxylation is 2. The molecule has 0 fully saturated rings. The van der Waals surface area contributed by atoms with Crippen LogP contribution in [0.3, 0.4) is 0 Å². The van der Waals surface area contributed by atoms with Crippen molar-refractivity contribution in [2.45, 2.75) is 33.4 Å². The number of aromatic nitrogens is 2. The lowest BCUT2D eigenvalue weighted by Gasteiger charge is -2.13. The molecular formula is C21H27N3O5. The Morgan fingerprint density at radius 2 is 1.90 bits per heavy atom. The van der Waals surface area contributed by atoms with Crippen molar-refractivity contribution in [3.8, 4) is 11.5 Å². The van der Waals surface area contributed by atoms with Crippen LogP contribution in [0.5, 0.6) is 11.5 Å². The summed E-state index contributed by atoms with van der Waals surface area (Å²) in [6.07, 6.45) is 2.02. The fourth-order valence-corrected chi connectivity index (χ4v) is 2.77. The van der Waals surface area contributed by atoms with E-state index in [-0.39, 0.29) is 6.54 Å². The van der Waals surface area contributed by atoms with E-state index in [9.17, 15) is 9.59 Å². The molecule has 1 N–H and O–H groups in total. The summed E-state index contributed by atoms with van der Waals surface area (Å²) >= 11 is 0. The number of carbonyl (C=O) groups excluding carboxylic acids is 2. The Balaban J connectivity index is 1.90. The van der Waals surface area contributed by atoms with Crippen LogP contribution < -0.4 is 14.8 Å². The van der Waals surface area contributed by atoms with E-state index in [4.69, 9.17) is 14.2 Å². The molecule has 0 saturated carbocycles. The smallest absolute Gasteiger partial charge is 0.331 e. The van der Waals surface area contributed by atoms with E-state index in [0.717, 1.165) is 22.5 Å². The molecule has 0 aliphatic carbocycles. The highest BCUT2D eigenvalue weighted by molar-refractivity contribution is 5.90. The van der Waals surface area contributed by atoms with Gasteiger partial charge < -0.3 is 19.5 Å². The van der Waals surface area contributed by atoms with E-state index in [1.54, 1.807) is 37.1 Å². The minimum absolute atomic E-state index is 0.269. The molecule has 8 nitrogen and oxygen atoms in total. The molecule has 0 unspecified atom stereocenters. The molecule has 0 aliphatic rings. The summed E-state index contributed by atoms with van der Waals surface area (Å²) in [5, 5.41) is 7.02. The second-order valence-electron chi connectivity index (χ2n) is 6.53. The lowest BCUT2D eigenvalue weighted by Crippen LogP contribution is -2.35. The van der Waals surface area contributed by atoms with E-state index >= 15 is 0 Å².